The van der Waals surface area contributed by atoms with Gasteiger partial charge in [-0.15, -0.1) is 12.4 Å². The molecule has 1 heterocycles. The first-order valence-corrected chi connectivity index (χ1v) is 9.85. The van der Waals surface area contributed by atoms with E-state index in [0.29, 0.717) is 12.5 Å². The van der Waals surface area contributed by atoms with E-state index in [2.05, 4.69) is 5.32 Å². The summed E-state index contributed by atoms with van der Waals surface area (Å²) in [5.74, 6) is 0.540. The van der Waals surface area contributed by atoms with Crippen molar-refractivity contribution in [1.29, 1.82) is 0 Å². The van der Waals surface area contributed by atoms with Gasteiger partial charge in [-0.1, -0.05) is 32.1 Å². The van der Waals surface area contributed by atoms with Crippen LogP contribution in [-0.4, -0.2) is 41.4 Å². The van der Waals surface area contributed by atoms with Crippen LogP contribution in [0, 0.1) is 11.8 Å². The van der Waals surface area contributed by atoms with Crippen LogP contribution < -0.4 is 11.1 Å². The minimum atomic E-state index is -0.390. The summed E-state index contributed by atoms with van der Waals surface area (Å²) < 4.78 is 0. The molecule has 6 heteroatoms. The third kappa shape index (κ3) is 4.88. The van der Waals surface area contributed by atoms with Gasteiger partial charge in [-0.25, -0.2) is 0 Å². The molecule has 3 atom stereocenters. The molecule has 2 amide bonds. The summed E-state index contributed by atoms with van der Waals surface area (Å²) >= 11 is 0. The molecule has 1 saturated heterocycles. The lowest BCUT2D eigenvalue weighted by atomic mass is 9.74. The number of carbonyl (C=O) groups is 2. The number of likely N-dealkylation sites (tertiary alicyclic amines) is 1. The third-order valence-electron chi connectivity index (χ3n) is 6.37. The van der Waals surface area contributed by atoms with Crippen molar-refractivity contribution in [3.8, 4) is 0 Å². The lowest BCUT2D eigenvalue weighted by Gasteiger charge is -2.37. The Morgan fingerprint density at radius 1 is 1.04 bits per heavy atom. The molecule has 144 valence electrons. The molecule has 2 saturated carbocycles. The number of halogens is 1. The molecule has 0 aromatic heterocycles. The molecule has 3 N–H and O–H groups in total. The van der Waals surface area contributed by atoms with Gasteiger partial charge < -0.3 is 16.0 Å². The highest BCUT2D eigenvalue weighted by molar-refractivity contribution is 5.85. The van der Waals surface area contributed by atoms with Crippen molar-refractivity contribution in [3.05, 3.63) is 0 Å². The van der Waals surface area contributed by atoms with E-state index in [4.69, 9.17) is 5.73 Å². The summed E-state index contributed by atoms with van der Waals surface area (Å²) in [7, 11) is 0. The molecule has 0 bridgehead atoms. The lowest BCUT2D eigenvalue weighted by molar-refractivity contribution is -0.136. The van der Waals surface area contributed by atoms with Crippen LogP contribution in [0.2, 0.25) is 0 Å². The fraction of sp³-hybridized carbons (Fsp3) is 0.895. The van der Waals surface area contributed by atoms with Crippen molar-refractivity contribution in [2.45, 2.75) is 82.7 Å². The SMILES string of the molecule is CC1(N)CCCCC1C(=O)NC1CCN(C(=O)C2CCCCC2)C1.Cl. The molecule has 3 rings (SSSR count). The highest BCUT2D eigenvalue weighted by Crippen LogP contribution is 2.32. The van der Waals surface area contributed by atoms with E-state index >= 15 is 0 Å². The first-order valence-electron chi connectivity index (χ1n) is 9.85. The van der Waals surface area contributed by atoms with Crippen molar-refractivity contribution in [2.24, 2.45) is 17.6 Å². The zero-order valence-electron chi connectivity index (χ0n) is 15.5. The maximum absolute atomic E-state index is 12.7. The Morgan fingerprint density at radius 2 is 1.72 bits per heavy atom. The number of carbonyl (C=O) groups excluding carboxylic acids is 2. The lowest BCUT2D eigenvalue weighted by Crippen LogP contribution is -2.54. The quantitative estimate of drug-likeness (QED) is 0.800. The van der Waals surface area contributed by atoms with Gasteiger partial charge in [0, 0.05) is 30.6 Å². The molecular formula is C19H34ClN3O2. The molecule has 0 aromatic rings. The van der Waals surface area contributed by atoms with Crippen LogP contribution in [0.3, 0.4) is 0 Å². The highest BCUT2D eigenvalue weighted by atomic mass is 35.5. The van der Waals surface area contributed by atoms with Gasteiger partial charge in [-0.2, -0.15) is 0 Å². The minimum absolute atomic E-state index is 0. The number of nitrogens with one attached hydrogen (secondary N) is 1. The predicted octanol–water partition coefficient (Wildman–Crippen LogP) is 2.61. The van der Waals surface area contributed by atoms with Gasteiger partial charge in [-0.3, -0.25) is 9.59 Å². The number of hydrogen-bond acceptors (Lipinski definition) is 3. The zero-order chi connectivity index (χ0) is 17.2. The number of nitrogens with zero attached hydrogens (tertiary/aromatic N) is 1. The normalized spacial score (nSPS) is 33.6. The molecular weight excluding hydrogens is 338 g/mol. The summed E-state index contributed by atoms with van der Waals surface area (Å²) in [6.45, 7) is 3.46. The molecule has 2 aliphatic carbocycles. The van der Waals surface area contributed by atoms with Crippen molar-refractivity contribution in [2.75, 3.05) is 13.1 Å². The molecule has 1 aliphatic heterocycles. The molecule has 3 unspecified atom stereocenters. The van der Waals surface area contributed by atoms with Crippen LogP contribution >= 0.6 is 12.4 Å². The van der Waals surface area contributed by atoms with E-state index in [-0.39, 0.29) is 36.2 Å². The van der Waals surface area contributed by atoms with Crippen molar-refractivity contribution in [1.82, 2.24) is 10.2 Å². The van der Waals surface area contributed by atoms with Crippen molar-refractivity contribution < 1.29 is 9.59 Å². The molecule has 5 nitrogen and oxygen atoms in total. The zero-order valence-corrected chi connectivity index (χ0v) is 16.3. The van der Waals surface area contributed by atoms with Gasteiger partial charge in [0.05, 0.1) is 5.92 Å². The standard InChI is InChI=1S/C19H33N3O2.ClH/c1-19(20)11-6-5-9-16(19)17(23)21-15-10-12-22(13-15)18(24)14-7-3-2-4-8-14;/h14-16H,2-13,20H2,1H3,(H,21,23);1H. The molecule has 25 heavy (non-hydrogen) atoms. The Kier molecular flexibility index (Phi) is 7.15. The Morgan fingerprint density at radius 3 is 2.40 bits per heavy atom. The van der Waals surface area contributed by atoms with Gasteiger partial charge in [0.15, 0.2) is 0 Å². The predicted molar refractivity (Wildman–Crippen MR) is 102 cm³/mol. The number of amides is 2. The van der Waals surface area contributed by atoms with Crippen LogP contribution in [0.25, 0.3) is 0 Å². The summed E-state index contributed by atoms with van der Waals surface area (Å²) in [5.41, 5.74) is 5.95. The number of rotatable bonds is 3. The van der Waals surface area contributed by atoms with Gasteiger partial charge in [0.2, 0.25) is 11.8 Å². The van der Waals surface area contributed by atoms with Gasteiger partial charge in [0.1, 0.15) is 0 Å². The monoisotopic (exact) mass is 371 g/mol. The fourth-order valence-corrected chi connectivity index (χ4v) is 4.78. The first-order chi connectivity index (χ1) is 11.5. The molecule has 3 aliphatic rings. The van der Waals surface area contributed by atoms with Crippen LogP contribution in [0.4, 0.5) is 0 Å². The molecule has 3 fully saturated rings. The van der Waals surface area contributed by atoms with Crippen LogP contribution in [0.15, 0.2) is 0 Å². The van der Waals surface area contributed by atoms with E-state index in [1.54, 1.807) is 0 Å². The van der Waals surface area contributed by atoms with Crippen molar-refractivity contribution >= 4 is 24.2 Å². The second kappa shape index (κ2) is 8.72. The van der Waals surface area contributed by atoms with Crippen molar-refractivity contribution in [3.63, 3.8) is 0 Å². The maximum Gasteiger partial charge on any atom is 0.225 e. The first kappa shape index (κ1) is 20.5. The number of hydrogen-bond donors (Lipinski definition) is 2. The Bertz CT molecular complexity index is 477. The topological polar surface area (TPSA) is 75.4 Å². The summed E-state index contributed by atoms with van der Waals surface area (Å²) in [5, 5.41) is 3.18. The summed E-state index contributed by atoms with van der Waals surface area (Å²) in [4.78, 5) is 27.3. The van der Waals surface area contributed by atoms with E-state index in [0.717, 1.165) is 51.5 Å². The van der Waals surface area contributed by atoms with Gasteiger partial charge in [-0.05, 0) is 39.0 Å². The highest BCUT2D eigenvalue weighted by Gasteiger charge is 2.39. The number of nitrogens with two attached hydrogens (primary N) is 1. The van der Waals surface area contributed by atoms with Crippen LogP contribution in [0.1, 0.15) is 71.1 Å². The Labute approximate surface area is 157 Å². The minimum Gasteiger partial charge on any atom is -0.351 e. The van der Waals surface area contributed by atoms with Crippen LogP contribution in [-0.2, 0) is 9.59 Å². The second-order valence-electron chi connectivity index (χ2n) is 8.42. The smallest absolute Gasteiger partial charge is 0.225 e. The van der Waals surface area contributed by atoms with Gasteiger partial charge >= 0.3 is 0 Å². The average molecular weight is 372 g/mol. The van der Waals surface area contributed by atoms with E-state index in [9.17, 15) is 9.59 Å². The second-order valence-corrected chi connectivity index (χ2v) is 8.42. The Hall–Kier alpha value is -0.810. The summed E-state index contributed by atoms with van der Waals surface area (Å²) in [6, 6.07) is 0.0998. The van der Waals surface area contributed by atoms with E-state index < -0.39 is 5.54 Å². The van der Waals surface area contributed by atoms with E-state index in [1.165, 1.54) is 19.3 Å². The fourth-order valence-electron chi connectivity index (χ4n) is 4.78. The Balaban J connectivity index is 0.00000225. The maximum atomic E-state index is 12.7. The third-order valence-corrected chi connectivity index (χ3v) is 6.37. The average Bonchev–Trinajstić information content (AvgIpc) is 3.03. The molecule has 0 spiro atoms. The molecule has 0 radical (unpaired) electrons. The van der Waals surface area contributed by atoms with Gasteiger partial charge in [0.25, 0.3) is 0 Å². The summed E-state index contributed by atoms with van der Waals surface area (Å²) in [6.07, 6.45) is 10.6. The van der Waals surface area contributed by atoms with Crippen LogP contribution in [0.5, 0.6) is 0 Å². The van der Waals surface area contributed by atoms with E-state index in [1.807, 2.05) is 11.8 Å². The largest absolute Gasteiger partial charge is 0.351 e. The molecule has 0 aromatic carbocycles.